The fourth-order valence-electron chi connectivity index (χ4n) is 3.98. The van der Waals surface area contributed by atoms with Gasteiger partial charge in [-0.15, -0.1) is 0 Å². The van der Waals surface area contributed by atoms with Crippen LogP contribution < -0.4 is 0 Å². The molecule has 3 heteroatoms. The molecule has 0 saturated carbocycles. The average molecular weight is 382 g/mol. The van der Waals surface area contributed by atoms with E-state index < -0.39 is 32.7 Å². The Hall–Kier alpha value is 0.277. The Balaban J connectivity index is 2.55. The zero-order chi connectivity index (χ0) is 15.0. The van der Waals surface area contributed by atoms with Crippen LogP contribution in [0.5, 0.6) is 0 Å². The molecule has 0 fully saturated rings. The number of allylic oxidation sites excluding steroid dienone is 8. The van der Waals surface area contributed by atoms with Crippen LogP contribution in [0.2, 0.25) is 43.0 Å². The van der Waals surface area contributed by atoms with E-state index in [1.165, 1.54) is 12.8 Å². The maximum absolute atomic E-state index is 2.67. The van der Waals surface area contributed by atoms with Gasteiger partial charge in [0, 0.05) is 0 Å². The van der Waals surface area contributed by atoms with Crippen LogP contribution in [0.25, 0.3) is 0 Å². The normalized spacial score (nSPS) is 19.5. The van der Waals surface area contributed by atoms with Crippen LogP contribution in [-0.4, -0.2) is 13.3 Å². The topological polar surface area (TPSA) is 0 Å². The Kier molecular flexibility index (Phi) is 4.84. The summed E-state index contributed by atoms with van der Waals surface area (Å²) in [6.45, 7) is 15.8. The molecule has 0 spiro atoms. The van der Waals surface area contributed by atoms with Gasteiger partial charge in [0.15, 0.2) is 0 Å². The zero-order valence-electron chi connectivity index (χ0n) is 14.1. The van der Waals surface area contributed by atoms with Gasteiger partial charge in [0.25, 0.3) is 0 Å². The molecule has 0 nitrogen and oxygen atoms in total. The van der Waals surface area contributed by atoms with Gasteiger partial charge in [-0.2, -0.15) is 0 Å². The van der Waals surface area contributed by atoms with Crippen molar-refractivity contribution in [1.29, 1.82) is 0 Å². The summed E-state index contributed by atoms with van der Waals surface area (Å²) in [7, 11) is -1.05. The van der Waals surface area contributed by atoms with Gasteiger partial charge in [-0.05, 0) is 0 Å². The SMILES string of the molecule is C[Si](C)(C)[CH2][Zr]([C]1=CC=CC1)([C]1=CC=CC1)[Si](C)(C)C. The molecule has 0 amide bonds. The van der Waals surface area contributed by atoms with Crippen LogP contribution in [-0.2, 0) is 19.4 Å². The number of rotatable bonds is 5. The van der Waals surface area contributed by atoms with Crippen LogP contribution in [0, 0.1) is 0 Å². The van der Waals surface area contributed by atoms with E-state index >= 15 is 0 Å². The Morgan fingerprint density at radius 2 is 1.30 bits per heavy atom. The van der Waals surface area contributed by atoms with Crippen molar-refractivity contribution < 1.29 is 19.4 Å². The first-order valence-electron chi connectivity index (χ1n) is 7.89. The predicted molar refractivity (Wildman–Crippen MR) is 95.2 cm³/mol. The molecule has 2 aliphatic carbocycles. The molecule has 2 rings (SSSR count). The Labute approximate surface area is 131 Å². The van der Waals surface area contributed by atoms with Gasteiger partial charge >= 0.3 is 132 Å². The molecule has 0 aliphatic heterocycles. The second-order valence-corrected chi connectivity index (χ2v) is 44.8. The predicted octanol–water partition coefficient (Wildman–Crippen LogP) is 5.96. The molecule has 2 aliphatic rings. The van der Waals surface area contributed by atoms with Gasteiger partial charge in [0.05, 0.1) is 0 Å². The third kappa shape index (κ3) is 3.20. The van der Waals surface area contributed by atoms with E-state index in [9.17, 15) is 0 Å². The van der Waals surface area contributed by atoms with Crippen molar-refractivity contribution in [2.24, 2.45) is 0 Å². The zero-order valence-corrected chi connectivity index (χ0v) is 18.5. The first kappa shape index (κ1) is 16.6. The van der Waals surface area contributed by atoms with Crippen LogP contribution in [0.4, 0.5) is 0 Å². The summed E-state index contributed by atoms with van der Waals surface area (Å²) in [6.07, 6.45) is 17.0. The van der Waals surface area contributed by atoms with Crippen molar-refractivity contribution in [2.45, 2.75) is 55.9 Å². The molecule has 0 radical (unpaired) electrons. The summed E-state index contributed by atoms with van der Waals surface area (Å²) in [4.78, 5) is 0. The average Bonchev–Trinajstić information content (AvgIpc) is 2.96. The number of hydrogen-bond acceptors (Lipinski definition) is 0. The molecule has 0 bridgehead atoms. The van der Waals surface area contributed by atoms with Crippen molar-refractivity contribution in [3.63, 3.8) is 0 Å². The Morgan fingerprint density at radius 3 is 1.55 bits per heavy atom. The van der Waals surface area contributed by atoms with Gasteiger partial charge in [-0.1, -0.05) is 0 Å². The van der Waals surface area contributed by atoms with Gasteiger partial charge in [-0.25, -0.2) is 0 Å². The van der Waals surface area contributed by atoms with Gasteiger partial charge in [-0.3, -0.25) is 0 Å². The molecule has 0 aromatic carbocycles. The standard InChI is InChI=1S/2C5H5.C4H11Si.C3H9Si.Zr/c2*1-2-4-5-3-1;1-5(2,3)4;1-4(2)3;/h2*1-3H,4H2;1H2,2-4H3;1-3H3;. The summed E-state index contributed by atoms with van der Waals surface area (Å²) >= 11 is -2.41. The molecule has 0 unspecified atom stereocenters. The van der Waals surface area contributed by atoms with Crippen LogP contribution in [0.15, 0.2) is 43.0 Å². The summed E-state index contributed by atoms with van der Waals surface area (Å²) in [5.74, 6) is 0. The molecular weight excluding hydrogens is 352 g/mol. The van der Waals surface area contributed by atoms with Gasteiger partial charge in [0.1, 0.15) is 0 Å². The quantitative estimate of drug-likeness (QED) is 0.515. The fraction of sp³-hybridized carbons (Fsp3) is 0.529. The summed E-state index contributed by atoms with van der Waals surface area (Å²) in [5.41, 5.74) is 0. The van der Waals surface area contributed by atoms with Crippen LogP contribution in [0.3, 0.4) is 0 Å². The molecule has 0 atom stereocenters. The monoisotopic (exact) mass is 380 g/mol. The second kappa shape index (κ2) is 5.82. The minimum atomic E-state index is -2.41. The summed E-state index contributed by atoms with van der Waals surface area (Å²) < 4.78 is 5.45. The van der Waals surface area contributed by atoms with E-state index in [-0.39, 0.29) is 0 Å². The number of hydrogen-bond donors (Lipinski definition) is 0. The molecule has 20 heavy (non-hydrogen) atoms. The molecule has 110 valence electrons. The van der Waals surface area contributed by atoms with Crippen molar-refractivity contribution in [2.75, 3.05) is 0 Å². The van der Waals surface area contributed by atoms with E-state index in [1.54, 1.807) is 3.75 Å². The Morgan fingerprint density at radius 1 is 0.850 bits per heavy atom. The third-order valence-electron chi connectivity index (χ3n) is 4.71. The summed E-state index contributed by atoms with van der Waals surface area (Å²) in [6, 6.07) is 0. The molecule has 0 heterocycles. The molecular formula is C17H30Si2Zr. The van der Waals surface area contributed by atoms with E-state index in [0.717, 1.165) is 0 Å². The van der Waals surface area contributed by atoms with Gasteiger partial charge < -0.3 is 0 Å². The van der Waals surface area contributed by atoms with E-state index in [2.05, 4.69) is 75.7 Å². The van der Waals surface area contributed by atoms with E-state index in [0.29, 0.717) is 0 Å². The minimum absolute atomic E-state index is 1.05. The van der Waals surface area contributed by atoms with E-state index in [1.807, 2.05) is 6.56 Å². The summed E-state index contributed by atoms with van der Waals surface area (Å²) in [5, 5.41) is -1.15. The van der Waals surface area contributed by atoms with Gasteiger partial charge in [0.2, 0.25) is 0 Å². The first-order chi connectivity index (χ1) is 9.17. The second-order valence-electron chi connectivity index (χ2n) is 8.54. The van der Waals surface area contributed by atoms with Crippen LogP contribution >= 0.6 is 0 Å². The molecule has 0 N–H and O–H groups in total. The van der Waals surface area contributed by atoms with Crippen molar-refractivity contribution >= 4 is 13.3 Å². The molecule has 0 aromatic heterocycles. The fourth-order valence-corrected chi connectivity index (χ4v) is 67.9. The van der Waals surface area contributed by atoms with Crippen molar-refractivity contribution in [3.8, 4) is 0 Å². The van der Waals surface area contributed by atoms with Crippen molar-refractivity contribution in [3.05, 3.63) is 43.0 Å². The molecule has 0 saturated heterocycles. The third-order valence-corrected chi connectivity index (χ3v) is 53.6. The maximum atomic E-state index is 2.67. The Bertz CT molecular complexity index is 466. The van der Waals surface area contributed by atoms with E-state index in [4.69, 9.17) is 0 Å². The first-order valence-corrected chi connectivity index (χ1v) is 23.0. The van der Waals surface area contributed by atoms with Crippen LogP contribution in [0.1, 0.15) is 12.8 Å². The molecule has 0 aromatic rings. The van der Waals surface area contributed by atoms with Crippen molar-refractivity contribution in [1.82, 2.24) is 0 Å².